The van der Waals surface area contributed by atoms with Gasteiger partial charge in [-0.2, -0.15) is 0 Å². The Bertz CT molecular complexity index is 1520. The van der Waals surface area contributed by atoms with Crippen LogP contribution in [0.1, 0.15) is 31.5 Å². The van der Waals surface area contributed by atoms with Crippen molar-refractivity contribution in [3.8, 4) is 5.88 Å². The predicted molar refractivity (Wildman–Crippen MR) is 133 cm³/mol. The molecule has 3 aromatic heterocycles. The molecule has 0 fully saturated rings. The molecule has 3 N–H and O–H groups in total. The number of nitrogens with two attached hydrogens (primary N) is 1. The zero-order valence-corrected chi connectivity index (χ0v) is 20.9. The fourth-order valence-corrected chi connectivity index (χ4v) is 5.44. The average Bonchev–Trinajstić information content (AvgIpc) is 3.38. The number of alkyl halides is 2. The van der Waals surface area contributed by atoms with Crippen molar-refractivity contribution in [3.05, 3.63) is 66.1 Å². The number of ether oxygens (including phenoxy) is 1. The summed E-state index contributed by atoms with van der Waals surface area (Å²) in [5.74, 6) is -1.95. The quantitative estimate of drug-likeness (QED) is 0.296. The SMILES string of the molecule is C[C@]1(C(F)F)C[C@@](C)(c2cc(Nc3nccc4nc(OCc5cocn5)cnc34)cc(F)c2F)N=C(N)S1. The van der Waals surface area contributed by atoms with Crippen molar-refractivity contribution in [1.82, 2.24) is 19.9 Å². The van der Waals surface area contributed by atoms with E-state index < -0.39 is 28.3 Å². The first-order valence-corrected chi connectivity index (χ1v) is 12.1. The first kappa shape index (κ1) is 25.7. The van der Waals surface area contributed by atoms with Crippen LogP contribution in [0.2, 0.25) is 0 Å². The molecule has 38 heavy (non-hydrogen) atoms. The first-order valence-electron chi connectivity index (χ1n) is 11.3. The second-order valence-electron chi connectivity index (χ2n) is 9.06. The van der Waals surface area contributed by atoms with Gasteiger partial charge in [-0.05, 0) is 32.4 Å². The van der Waals surface area contributed by atoms with E-state index in [0.717, 1.165) is 17.8 Å². The number of halogens is 4. The molecule has 0 saturated heterocycles. The van der Waals surface area contributed by atoms with E-state index in [1.807, 2.05) is 0 Å². The van der Waals surface area contributed by atoms with Gasteiger partial charge in [0.05, 0.1) is 22.0 Å². The van der Waals surface area contributed by atoms with E-state index in [4.69, 9.17) is 14.9 Å². The lowest BCUT2D eigenvalue weighted by Gasteiger charge is -2.40. The fraction of sp³-hybridized carbons (Fsp3) is 0.292. The van der Waals surface area contributed by atoms with Crippen molar-refractivity contribution < 1.29 is 26.7 Å². The normalized spacial score (nSPS) is 21.5. The van der Waals surface area contributed by atoms with Gasteiger partial charge in [0.15, 0.2) is 29.0 Å². The molecule has 0 amide bonds. The number of hydrogen-bond acceptors (Lipinski definition) is 10. The van der Waals surface area contributed by atoms with Crippen LogP contribution in [0.5, 0.6) is 5.88 Å². The average molecular weight is 548 g/mol. The largest absolute Gasteiger partial charge is 0.470 e. The van der Waals surface area contributed by atoms with Crippen LogP contribution in [0.15, 0.2) is 52.7 Å². The highest BCUT2D eigenvalue weighted by Gasteiger charge is 2.48. The van der Waals surface area contributed by atoms with E-state index in [0.29, 0.717) is 16.7 Å². The second kappa shape index (κ2) is 9.74. The molecule has 14 heteroatoms. The number of fused-ring (bicyclic) bond motifs is 1. The summed E-state index contributed by atoms with van der Waals surface area (Å²) in [6, 6.07) is 3.85. The van der Waals surface area contributed by atoms with Gasteiger partial charge in [-0.3, -0.25) is 4.99 Å². The first-order chi connectivity index (χ1) is 18.1. The monoisotopic (exact) mass is 547 g/mol. The van der Waals surface area contributed by atoms with Gasteiger partial charge in [-0.15, -0.1) is 0 Å². The van der Waals surface area contributed by atoms with Crippen LogP contribution in [-0.2, 0) is 12.1 Å². The van der Waals surface area contributed by atoms with Gasteiger partial charge < -0.3 is 20.2 Å². The number of nitrogens with zero attached hydrogens (tertiary/aromatic N) is 5. The summed E-state index contributed by atoms with van der Waals surface area (Å²) in [7, 11) is 0. The highest BCUT2D eigenvalue weighted by atomic mass is 32.2. The minimum absolute atomic E-state index is 0.110. The number of thioether (sulfide) groups is 1. The minimum atomic E-state index is -2.77. The van der Waals surface area contributed by atoms with Crippen LogP contribution < -0.4 is 15.8 Å². The third-order valence-electron chi connectivity index (χ3n) is 6.01. The lowest BCUT2D eigenvalue weighted by Crippen LogP contribution is -2.44. The molecule has 0 bridgehead atoms. The van der Waals surface area contributed by atoms with Gasteiger partial charge in [0, 0.05) is 23.5 Å². The van der Waals surface area contributed by atoms with Gasteiger partial charge in [0.1, 0.15) is 24.1 Å². The standard InChI is InChI=1S/C24H21F4N7O2S/c1-23(10-24(2,21(27)28)38-22(29)35-23)14-5-12(6-15(25)18(14)26)33-20-19-16(3-4-30-20)34-17(7-31-19)37-9-13-8-36-11-32-13/h3-8,11,21H,9-10H2,1-2H3,(H2,29,35)(H,30,33)/t23-,24+/m0/s1. The van der Waals surface area contributed by atoms with Crippen molar-refractivity contribution in [2.45, 2.75) is 43.6 Å². The van der Waals surface area contributed by atoms with E-state index in [1.165, 1.54) is 45.0 Å². The van der Waals surface area contributed by atoms with Gasteiger partial charge in [0.2, 0.25) is 5.88 Å². The smallest absolute Gasteiger partial charge is 0.253 e. The number of amidine groups is 1. The molecular weight excluding hydrogens is 526 g/mol. The van der Waals surface area contributed by atoms with Gasteiger partial charge >= 0.3 is 0 Å². The zero-order chi connectivity index (χ0) is 27.1. The third kappa shape index (κ3) is 4.95. The van der Waals surface area contributed by atoms with Gasteiger partial charge in [0.25, 0.3) is 6.43 Å². The summed E-state index contributed by atoms with van der Waals surface area (Å²) in [6.07, 6.45) is 2.53. The molecule has 0 aliphatic carbocycles. The predicted octanol–water partition coefficient (Wildman–Crippen LogP) is 5.30. The topological polar surface area (TPSA) is 124 Å². The molecule has 2 atom stereocenters. The van der Waals surface area contributed by atoms with E-state index >= 15 is 4.39 Å². The lowest BCUT2D eigenvalue weighted by atomic mass is 9.82. The van der Waals surface area contributed by atoms with Gasteiger partial charge in [-0.25, -0.2) is 37.5 Å². The maximum Gasteiger partial charge on any atom is 0.253 e. The number of oxazole rings is 1. The summed E-state index contributed by atoms with van der Waals surface area (Å²) in [4.78, 5) is 21.2. The zero-order valence-electron chi connectivity index (χ0n) is 20.1. The van der Waals surface area contributed by atoms with Crippen molar-refractivity contribution in [2.24, 2.45) is 10.7 Å². The van der Waals surface area contributed by atoms with Crippen LogP contribution >= 0.6 is 11.8 Å². The Morgan fingerprint density at radius 2 is 2.03 bits per heavy atom. The summed E-state index contributed by atoms with van der Waals surface area (Å²) in [5.41, 5.74) is 5.52. The van der Waals surface area contributed by atoms with Crippen molar-refractivity contribution in [2.75, 3.05) is 5.32 Å². The molecule has 0 spiro atoms. The summed E-state index contributed by atoms with van der Waals surface area (Å²) in [6.45, 7) is 2.89. The molecule has 1 aliphatic heterocycles. The number of anilines is 2. The molecule has 0 radical (unpaired) electrons. The molecule has 4 heterocycles. The van der Waals surface area contributed by atoms with Crippen LogP contribution in [0.4, 0.5) is 29.1 Å². The minimum Gasteiger partial charge on any atom is -0.470 e. The Morgan fingerprint density at radius 3 is 2.76 bits per heavy atom. The Labute approximate surface area is 217 Å². The Balaban J connectivity index is 1.46. The molecule has 1 aromatic carbocycles. The fourth-order valence-electron chi connectivity index (χ4n) is 4.28. The van der Waals surface area contributed by atoms with Crippen LogP contribution in [0.25, 0.3) is 11.0 Å². The molecule has 9 nitrogen and oxygen atoms in total. The number of hydrogen-bond donors (Lipinski definition) is 2. The maximum absolute atomic E-state index is 15.0. The Kier molecular flexibility index (Phi) is 6.59. The number of aliphatic imine (C=N–C) groups is 1. The van der Waals surface area contributed by atoms with Crippen molar-refractivity contribution in [3.63, 3.8) is 0 Å². The molecule has 0 saturated carbocycles. The molecule has 198 valence electrons. The molecular formula is C24H21F4N7O2S. The number of benzene rings is 1. The second-order valence-corrected chi connectivity index (χ2v) is 10.6. The summed E-state index contributed by atoms with van der Waals surface area (Å²) < 4.78 is 66.3. The number of nitrogens with one attached hydrogen (secondary N) is 1. The third-order valence-corrected chi connectivity index (χ3v) is 7.10. The van der Waals surface area contributed by atoms with E-state index in [2.05, 4.69) is 30.2 Å². The number of pyridine rings is 1. The Morgan fingerprint density at radius 1 is 1.21 bits per heavy atom. The van der Waals surface area contributed by atoms with Gasteiger partial charge in [-0.1, -0.05) is 11.8 Å². The molecule has 1 aliphatic rings. The molecule has 5 rings (SSSR count). The highest BCUT2D eigenvalue weighted by Crippen LogP contribution is 2.49. The number of aromatic nitrogens is 4. The van der Waals surface area contributed by atoms with E-state index in [-0.39, 0.29) is 41.1 Å². The molecule has 4 aromatic rings. The molecule has 0 unspecified atom stereocenters. The lowest BCUT2D eigenvalue weighted by molar-refractivity contribution is 0.0892. The van der Waals surface area contributed by atoms with E-state index in [9.17, 15) is 13.2 Å². The van der Waals surface area contributed by atoms with Crippen LogP contribution in [-0.4, -0.2) is 36.3 Å². The van der Waals surface area contributed by atoms with Crippen molar-refractivity contribution in [1.29, 1.82) is 0 Å². The van der Waals surface area contributed by atoms with Crippen molar-refractivity contribution >= 4 is 39.5 Å². The summed E-state index contributed by atoms with van der Waals surface area (Å²) in [5, 5.41) is 2.79. The highest BCUT2D eigenvalue weighted by molar-refractivity contribution is 8.15. The number of rotatable bonds is 7. The summed E-state index contributed by atoms with van der Waals surface area (Å²) >= 11 is 0.718. The van der Waals surface area contributed by atoms with Crippen LogP contribution in [0.3, 0.4) is 0 Å². The van der Waals surface area contributed by atoms with Crippen LogP contribution in [0, 0.1) is 11.6 Å². The Hall–Kier alpha value is -3.94. The maximum atomic E-state index is 15.0. The van der Waals surface area contributed by atoms with E-state index in [1.54, 1.807) is 6.07 Å².